The zero-order valence-electron chi connectivity index (χ0n) is 7.77. The van der Waals surface area contributed by atoms with Crippen LogP contribution < -0.4 is 10.2 Å². The van der Waals surface area contributed by atoms with E-state index in [0.717, 1.165) is 19.0 Å². The molecule has 0 saturated carbocycles. The summed E-state index contributed by atoms with van der Waals surface area (Å²) in [6.07, 6.45) is 4.75. The highest BCUT2D eigenvalue weighted by Crippen LogP contribution is 2.14. The second kappa shape index (κ2) is 3.70. The summed E-state index contributed by atoms with van der Waals surface area (Å²) in [6.45, 7) is 2.07. The molecule has 0 spiro atoms. The molecule has 2 rings (SSSR count). The molecule has 1 fully saturated rings. The van der Waals surface area contributed by atoms with E-state index in [1.165, 1.54) is 6.42 Å². The van der Waals surface area contributed by atoms with Gasteiger partial charge < -0.3 is 10.2 Å². The Morgan fingerprint density at radius 1 is 1.46 bits per heavy atom. The number of anilines is 1. The first-order valence-electron chi connectivity index (χ1n) is 4.59. The van der Waals surface area contributed by atoms with Gasteiger partial charge in [0.15, 0.2) is 0 Å². The minimum Gasteiger partial charge on any atom is -0.339 e. The summed E-state index contributed by atoms with van der Waals surface area (Å²) in [5.74, 6) is 0.847. The van der Waals surface area contributed by atoms with Gasteiger partial charge in [0.05, 0.1) is 0 Å². The number of nitrogens with zero attached hydrogens (tertiary/aromatic N) is 3. The van der Waals surface area contributed by atoms with Crippen LogP contribution in [-0.2, 0) is 0 Å². The Morgan fingerprint density at radius 2 is 2.23 bits per heavy atom. The fourth-order valence-corrected chi connectivity index (χ4v) is 1.63. The van der Waals surface area contributed by atoms with Crippen LogP contribution in [-0.4, -0.2) is 36.1 Å². The average molecular weight is 178 g/mol. The molecule has 1 unspecified atom stereocenters. The molecule has 0 bridgehead atoms. The van der Waals surface area contributed by atoms with Crippen LogP contribution in [0.5, 0.6) is 0 Å². The van der Waals surface area contributed by atoms with Crippen molar-refractivity contribution in [2.24, 2.45) is 0 Å². The molecule has 1 saturated heterocycles. The maximum atomic E-state index is 4.22. The lowest BCUT2D eigenvalue weighted by atomic mass is 10.3. The normalized spacial score (nSPS) is 22.2. The van der Waals surface area contributed by atoms with Gasteiger partial charge in [-0.2, -0.15) is 0 Å². The molecule has 4 heteroatoms. The summed E-state index contributed by atoms with van der Waals surface area (Å²) < 4.78 is 0. The quantitative estimate of drug-likeness (QED) is 0.706. The number of hydrogen-bond donors (Lipinski definition) is 1. The molecule has 1 aliphatic heterocycles. The fraction of sp³-hybridized carbons (Fsp3) is 0.556. The van der Waals surface area contributed by atoms with Crippen LogP contribution in [0.4, 0.5) is 5.95 Å². The molecule has 1 aromatic rings. The van der Waals surface area contributed by atoms with Crippen molar-refractivity contribution < 1.29 is 0 Å². The lowest BCUT2D eigenvalue weighted by Gasteiger charge is -2.15. The highest BCUT2D eigenvalue weighted by atomic mass is 15.3. The topological polar surface area (TPSA) is 41.0 Å². The Labute approximate surface area is 78.0 Å². The van der Waals surface area contributed by atoms with E-state index in [-0.39, 0.29) is 0 Å². The third-order valence-corrected chi connectivity index (χ3v) is 2.43. The summed E-state index contributed by atoms with van der Waals surface area (Å²) in [5, 5.41) is 3.27. The van der Waals surface area contributed by atoms with Gasteiger partial charge in [0, 0.05) is 31.5 Å². The number of hydrogen-bond acceptors (Lipinski definition) is 4. The van der Waals surface area contributed by atoms with Crippen molar-refractivity contribution in [2.45, 2.75) is 12.5 Å². The van der Waals surface area contributed by atoms with Crippen molar-refractivity contribution in [3.63, 3.8) is 0 Å². The lowest BCUT2D eigenvalue weighted by Crippen LogP contribution is -2.30. The fourth-order valence-electron chi connectivity index (χ4n) is 1.63. The van der Waals surface area contributed by atoms with Crippen LogP contribution in [0.2, 0.25) is 0 Å². The summed E-state index contributed by atoms with van der Waals surface area (Å²) in [5.41, 5.74) is 0. The van der Waals surface area contributed by atoms with Gasteiger partial charge in [-0.25, -0.2) is 9.97 Å². The van der Waals surface area contributed by atoms with Gasteiger partial charge in [-0.3, -0.25) is 0 Å². The van der Waals surface area contributed by atoms with Gasteiger partial charge in [0.25, 0.3) is 0 Å². The third-order valence-electron chi connectivity index (χ3n) is 2.43. The van der Waals surface area contributed by atoms with Crippen molar-refractivity contribution >= 4 is 5.95 Å². The van der Waals surface area contributed by atoms with Crippen LogP contribution in [0.3, 0.4) is 0 Å². The first-order valence-corrected chi connectivity index (χ1v) is 4.59. The van der Waals surface area contributed by atoms with Crippen LogP contribution in [0.1, 0.15) is 6.42 Å². The molecule has 0 amide bonds. The molecular formula is C9H14N4. The second-order valence-corrected chi connectivity index (χ2v) is 3.27. The predicted octanol–water partition coefficient (Wildman–Crippen LogP) is 0.275. The number of likely N-dealkylation sites (N-methyl/N-ethyl adjacent to an activating group) is 1. The van der Waals surface area contributed by atoms with E-state index in [1.807, 2.05) is 13.1 Å². The first kappa shape index (κ1) is 8.44. The second-order valence-electron chi connectivity index (χ2n) is 3.27. The van der Waals surface area contributed by atoms with Gasteiger partial charge in [-0.15, -0.1) is 0 Å². The smallest absolute Gasteiger partial charge is 0.225 e. The Balaban J connectivity index is 2.04. The molecule has 0 radical (unpaired) electrons. The molecule has 4 nitrogen and oxygen atoms in total. The predicted molar refractivity (Wildman–Crippen MR) is 51.7 cm³/mol. The number of rotatable bonds is 2. The third kappa shape index (κ3) is 1.78. The number of nitrogens with one attached hydrogen (secondary N) is 1. The summed E-state index contributed by atoms with van der Waals surface area (Å²) in [7, 11) is 2.00. The van der Waals surface area contributed by atoms with Gasteiger partial charge in [-0.05, 0) is 19.5 Å². The van der Waals surface area contributed by atoms with E-state index >= 15 is 0 Å². The SMILES string of the molecule is CNC1CCN(c2ncccn2)C1. The first-order chi connectivity index (χ1) is 6.40. The van der Waals surface area contributed by atoms with Crippen molar-refractivity contribution in [2.75, 3.05) is 25.0 Å². The molecule has 0 aliphatic carbocycles. The van der Waals surface area contributed by atoms with E-state index in [9.17, 15) is 0 Å². The van der Waals surface area contributed by atoms with Crippen LogP contribution in [0, 0.1) is 0 Å². The Bertz CT molecular complexity index is 262. The molecule has 70 valence electrons. The average Bonchev–Trinajstić information content (AvgIpc) is 2.67. The molecule has 1 aromatic heterocycles. The number of aromatic nitrogens is 2. The van der Waals surface area contributed by atoms with Crippen molar-refractivity contribution in [3.05, 3.63) is 18.5 Å². The molecule has 2 heterocycles. The minimum atomic E-state index is 0.587. The van der Waals surface area contributed by atoms with Crippen LogP contribution >= 0.6 is 0 Å². The summed E-state index contributed by atoms with van der Waals surface area (Å²) in [6, 6.07) is 2.43. The molecule has 0 aromatic carbocycles. The minimum absolute atomic E-state index is 0.587. The van der Waals surface area contributed by atoms with Crippen LogP contribution in [0.25, 0.3) is 0 Å². The molecule has 1 aliphatic rings. The molecular weight excluding hydrogens is 164 g/mol. The van der Waals surface area contributed by atoms with Gasteiger partial charge in [0.2, 0.25) is 5.95 Å². The Morgan fingerprint density at radius 3 is 2.85 bits per heavy atom. The maximum absolute atomic E-state index is 4.22. The van der Waals surface area contributed by atoms with Gasteiger partial charge in [-0.1, -0.05) is 0 Å². The van der Waals surface area contributed by atoms with Crippen molar-refractivity contribution in [1.29, 1.82) is 0 Å². The van der Waals surface area contributed by atoms with E-state index in [4.69, 9.17) is 0 Å². The van der Waals surface area contributed by atoms with E-state index < -0.39 is 0 Å². The molecule has 1 atom stereocenters. The van der Waals surface area contributed by atoms with E-state index in [0.29, 0.717) is 6.04 Å². The Kier molecular flexibility index (Phi) is 2.40. The monoisotopic (exact) mass is 178 g/mol. The van der Waals surface area contributed by atoms with Crippen molar-refractivity contribution in [3.8, 4) is 0 Å². The Hall–Kier alpha value is -1.16. The molecule has 13 heavy (non-hydrogen) atoms. The summed E-state index contributed by atoms with van der Waals surface area (Å²) in [4.78, 5) is 10.6. The summed E-state index contributed by atoms with van der Waals surface area (Å²) >= 11 is 0. The zero-order valence-corrected chi connectivity index (χ0v) is 7.77. The zero-order chi connectivity index (χ0) is 9.10. The van der Waals surface area contributed by atoms with Crippen LogP contribution in [0.15, 0.2) is 18.5 Å². The maximum Gasteiger partial charge on any atom is 0.225 e. The molecule has 1 N–H and O–H groups in total. The van der Waals surface area contributed by atoms with Crippen molar-refractivity contribution in [1.82, 2.24) is 15.3 Å². The van der Waals surface area contributed by atoms with E-state index in [2.05, 4.69) is 20.2 Å². The highest BCUT2D eigenvalue weighted by molar-refractivity contribution is 5.30. The standard InChI is InChI=1S/C9H14N4/c1-10-8-3-6-13(7-8)9-11-4-2-5-12-9/h2,4-5,8,10H,3,6-7H2,1H3. The highest BCUT2D eigenvalue weighted by Gasteiger charge is 2.22. The largest absolute Gasteiger partial charge is 0.339 e. The van der Waals surface area contributed by atoms with Gasteiger partial charge in [0.1, 0.15) is 0 Å². The lowest BCUT2D eigenvalue weighted by molar-refractivity contribution is 0.616. The van der Waals surface area contributed by atoms with Gasteiger partial charge >= 0.3 is 0 Å². The van der Waals surface area contributed by atoms with E-state index in [1.54, 1.807) is 12.4 Å².